The molecule has 0 saturated carbocycles. The standard InChI is InChI=1S/C14H15N3O6S/c18-13-5-3-11(17(19)20)9-15(13)10-12-4-6-14(23-12)24(21,22)16-7-1-2-8-16/h3-6,9H,1-2,7-8,10H2. The minimum atomic E-state index is -3.67. The molecule has 3 heterocycles. The van der Waals surface area contributed by atoms with E-state index in [1.165, 1.54) is 16.4 Å². The lowest BCUT2D eigenvalue weighted by atomic mass is 10.4. The molecule has 0 atom stereocenters. The SMILES string of the molecule is O=c1ccc([N+](=O)[O-])cn1Cc1ccc(S(=O)(=O)N2CCCC2)o1. The number of furan rings is 1. The van der Waals surface area contributed by atoms with E-state index in [4.69, 9.17) is 4.42 Å². The Kier molecular flexibility index (Phi) is 4.24. The lowest BCUT2D eigenvalue weighted by molar-refractivity contribution is -0.385. The van der Waals surface area contributed by atoms with Gasteiger partial charge in [-0.25, -0.2) is 8.42 Å². The number of sulfonamides is 1. The van der Waals surface area contributed by atoms with Gasteiger partial charge in [-0.2, -0.15) is 4.31 Å². The first kappa shape index (κ1) is 16.4. The summed E-state index contributed by atoms with van der Waals surface area (Å²) >= 11 is 0. The van der Waals surface area contributed by atoms with Crippen molar-refractivity contribution in [3.05, 3.63) is 56.7 Å². The first-order valence-electron chi connectivity index (χ1n) is 7.32. The molecular formula is C14H15N3O6S. The third-order valence-corrected chi connectivity index (χ3v) is 5.57. The van der Waals surface area contributed by atoms with Crippen LogP contribution in [0.4, 0.5) is 5.69 Å². The molecule has 2 aromatic rings. The maximum Gasteiger partial charge on any atom is 0.285 e. The van der Waals surface area contributed by atoms with Crippen LogP contribution >= 0.6 is 0 Å². The second-order valence-corrected chi connectivity index (χ2v) is 7.31. The normalized spacial score (nSPS) is 15.7. The molecule has 3 rings (SSSR count). The highest BCUT2D eigenvalue weighted by atomic mass is 32.2. The summed E-state index contributed by atoms with van der Waals surface area (Å²) < 4.78 is 32.6. The summed E-state index contributed by atoms with van der Waals surface area (Å²) in [5.74, 6) is 0.232. The third kappa shape index (κ3) is 3.10. The molecule has 0 amide bonds. The summed E-state index contributed by atoms with van der Waals surface area (Å²) in [6, 6.07) is 4.99. The van der Waals surface area contributed by atoms with Crippen molar-refractivity contribution in [2.45, 2.75) is 24.5 Å². The average Bonchev–Trinajstić information content (AvgIpc) is 3.20. The van der Waals surface area contributed by atoms with Crippen LogP contribution in [0.1, 0.15) is 18.6 Å². The number of nitro groups is 1. The fraction of sp³-hybridized carbons (Fsp3) is 0.357. The average molecular weight is 353 g/mol. The summed E-state index contributed by atoms with van der Waals surface area (Å²) in [5.41, 5.74) is -0.674. The van der Waals surface area contributed by atoms with Crippen molar-refractivity contribution in [1.82, 2.24) is 8.87 Å². The summed E-state index contributed by atoms with van der Waals surface area (Å²) in [6.07, 6.45) is 2.73. The Balaban J connectivity index is 1.86. The summed E-state index contributed by atoms with van der Waals surface area (Å²) in [5, 5.41) is 10.6. The van der Waals surface area contributed by atoms with E-state index >= 15 is 0 Å². The first-order valence-corrected chi connectivity index (χ1v) is 8.76. The molecule has 0 bridgehead atoms. The van der Waals surface area contributed by atoms with Crippen molar-refractivity contribution in [3.8, 4) is 0 Å². The molecule has 2 aromatic heterocycles. The van der Waals surface area contributed by atoms with Crippen LogP contribution in [-0.4, -0.2) is 35.3 Å². The van der Waals surface area contributed by atoms with Crippen molar-refractivity contribution >= 4 is 15.7 Å². The summed E-state index contributed by atoms with van der Waals surface area (Å²) in [6.45, 7) is 0.835. The topological polar surface area (TPSA) is 116 Å². The van der Waals surface area contributed by atoms with Crippen molar-refractivity contribution in [2.75, 3.05) is 13.1 Å². The zero-order valence-corrected chi connectivity index (χ0v) is 13.4. The largest absolute Gasteiger partial charge is 0.446 e. The molecule has 0 N–H and O–H groups in total. The van der Waals surface area contributed by atoms with Gasteiger partial charge >= 0.3 is 0 Å². The van der Waals surface area contributed by atoms with Crippen molar-refractivity contribution < 1.29 is 17.8 Å². The quantitative estimate of drug-likeness (QED) is 0.589. The van der Waals surface area contributed by atoms with E-state index in [0.29, 0.717) is 13.1 Å². The highest BCUT2D eigenvalue weighted by Crippen LogP contribution is 2.23. The first-order chi connectivity index (χ1) is 11.4. The zero-order valence-electron chi connectivity index (χ0n) is 12.6. The van der Waals surface area contributed by atoms with E-state index in [-0.39, 0.29) is 23.1 Å². The molecule has 0 radical (unpaired) electrons. The molecule has 1 aliphatic rings. The Bertz CT molecular complexity index is 924. The highest BCUT2D eigenvalue weighted by Gasteiger charge is 2.30. The Labute approximate surface area is 137 Å². The molecule has 0 aliphatic carbocycles. The predicted molar refractivity (Wildman–Crippen MR) is 83.2 cm³/mol. The Morgan fingerprint density at radius 3 is 2.54 bits per heavy atom. The maximum absolute atomic E-state index is 12.4. The fourth-order valence-electron chi connectivity index (χ4n) is 2.56. The van der Waals surface area contributed by atoms with Gasteiger partial charge in [0.05, 0.1) is 17.7 Å². The number of aromatic nitrogens is 1. The minimum Gasteiger partial charge on any atom is -0.446 e. The lowest BCUT2D eigenvalue weighted by Gasteiger charge is -2.12. The van der Waals surface area contributed by atoms with Gasteiger partial charge in [-0.3, -0.25) is 14.9 Å². The van der Waals surface area contributed by atoms with Gasteiger partial charge in [0.25, 0.3) is 21.3 Å². The van der Waals surface area contributed by atoms with Gasteiger partial charge in [-0.1, -0.05) is 0 Å². The van der Waals surface area contributed by atoms with Gasteiger partial charge in [-0.15, -0.1) is 0 Å². The molecule has 9 nitrogen and oxygen atoms in total. The van der Waals surface area contributed by atoms with Gasteiger partial charge < -0.3 is 8.98 Å². The molecule has 10 heteroatoms. The van der Waals surface area contributed by atoms with Gasteiger partial charge in [0.1, 0.15) is 5.76 Å². The molecular weight excluding hydrogens is 338 g/mol. The number of rotatable bonds is 5. The number of hydrogen-bond acceptors (Lipinski definition) is 6. The second-order valence-electron chi connectivity index (χ2n) is 5.44. The Morgan fingerprint density at radius 2 is 1.88 bits per heavy atom. The van der Waals surface area contributed by atoms with Gasteiger partial charge in [-0.05, 0) is 25.0 Å². The fourth-order valence-corrected chi connectivity index (χ4v) is 4.00. The smallest absolute Gasteiger partial charge is 0.285 e. The Hall–Kier alpha value is -2.46. The Morgan fingerprint density at radius 1 is 1.17 bits per heavy atom. The predicted octanol–water partition coefficient (Wildman–Crippen LogP) is 1.18. The lowest BCUT2D eigenvalue weighted by Crippen LogP contribution is -2.27. The molecule has 1 saturated heterocycles. The van der Waals surface area contributed by atoms with Crippen LogP contribution in [0, 0.1) is 10.1 Å². The van der Waals surface area contributed by atoms with Crippen LogP contribution < -0.4 is 5.56 Å². The van der Waals surface area contributed by atoms with Crippen LogP contribution in [0.15, 0.2) is 44.8 Å². The van der Waals surface area contributed by atoms with E-state index in [9.17, 15) is 23.3 Å². The van der Waals surface area contributed by atoms with Crippen molar-refractivity contribution in [2.24, 2.45) is 0 Å². The van der Waals surface area contributed by atoms with E-state index in [1.807, 2.05) is 0 Å². The summed E-state index contributed by atoms with van der Waals surface area (Å²) in [4.78, 5) is 22.0. The van der Waals surface area contributed by atoms with E-state index < -0.39 is 20.5 Å². The molecule has 24 heavy (non-hydrogen) atoms. The third-order valence-electron chi connectivity index (χ3n) is 3.80. The number of pyridine rings is 1. The highest BCUT2D eigenvalue weighted by molar-refractivity contribution is 7.89. The molecule has 1 aliphatic heterocycles. The van der Waals surface area contributed by atoms with Crippen molar-refractivity contribution in [1.29, 1.82) is 0 Å². The van der Waals surface area contributed by atoms with Crippen LogP contribution in [0.25, 0.3) is 0 Å². The van der Waals surface area contributed by atoms with E-state index in [0.717, 1.165) is 35.7 Å². The van der Waals surface area contributed by atoms with Gasteiger partial charge in [0, 0.05) is 25.2 Å². The number of nitrogens with zero attached hydrogens (tertiary/aromatic N) is 3. The molecule has 0 aromatic carbocycles. The molecule has 0 spiro atoms. The monoisotopic (exact) mass is 353 g/mol. The van der Waals surface area contributed by atoms with E-state index in [1.54, 1.807) is 0 Å². The number of hydrogen-bond donors (Lipinski definition) is 0. The van der Waals surface area contributed by atoms with Gasteiger partial charge in [0.15, 0.2) is 0 Å². The van der Waals surface area contributed by atoms with Crippen LogP contribution in [0.2, 0.25) is 0 Å². The zero-order chi connectivity index (χ0) is 17.3. The van der Waals surface area contributed by atoms with E-state index in [2.05, 4.69) is 0 Å². The molecule has 0 unspecified atom stereocenters. The molecule has 128 valence electrons. The maximum atomic E-state index is 12.4. The summed E-state index contributed by atoms with van der Waals surface area (Å²) in [7, 11) is -3.67. The van der Waals surface area contributed by atoms with Crippen molar-refractivity contribution in [3.63, 3.8) is 0 Å². The second kappa shape index (κ2) is 6.21. The molecule has 1 fully saturated rings. The van der Waals surface area contributed by atoms with Crippen LogP contribution in [-0.2, 0) is 16.6 Å². The minimum absolute atomic E-state index is 0.0873. The van der Waals surface area contributed by atoms with Crippen LogP contribution in [0.5, 0.6) is 0 Å². The van der Waals surface area contributed by atoms with Crippen LogP contribution in [0.3, 0.4) is 0 Å². The van der Waals surface area contributed by atoms with Gasteiger partial charge in [0.2, 0.25) is 5.09 Å².